The molecule has 1 saturated carbocycles. The highest BCUT2D eigenvalue weighted by atomic mass is 35.5. The lowest BCUT2D eigenvalue weighted by Crippen LogP contribution is -2.38. The van der Waals surface area contributed by atoms with Crippen LogP contribution in [-0.2, 0) is 0 Å². The standard InChI is InChI=1S/C11H11Cl2NO2/c12-6-11(3-4-11)14-10(16)8-5-7(15)1-2-9(8)13/h1-2,5,15H,3-4,6H2,(H,14,16). The molecule has 0 spiro atoms. The number of hydrogen-bond donors (Lipinski definition) is 2. The number of carbonyl (C=O) groups is 1. The SMILES string of the molecule is O=C(NC1(CCl)CC1)c1cc(O)ccc1Cl. The van der Waals surface area contributed by atoms with Crippen molar-refractivity contribution in [1.82, 2.24) is 5.32 Å². The smallest absolute Gasteiger partial charge is 0.253 e. The Morgan fingerprint density at radius 1 is 1.50 bits per heavy atom. The molecule has 1 aromatic carbocycles. The number of benzene rings is 1. The number of halogens is 2. The van der Waals surface area contributed by atoms with E-state index in [0.29, 0.717) is 10.9 Å². The molecule has 0 heterocycles. The Bertz CT molecular complexity index is 430. The molecule has 2 rings (SSSR count). The van der Waals surface area contributed by atoms with Gasteiger partial charge in [-0.15, -0.1) is 11.6 Å². The molecule has 0 saturated heterocycles. The second kappa shape index (κ2) is 4.15. The molecule has 16 heavy (non-hydrogen) atoms. The van der Waals surface area contributed by atoms with Crippen molar-refractivity contribution < 1.29 is 9.90 Å². The molecule has 0 atom stereocenters. The summed E-state index contributed by atoms with van der Waals surface area (Å²) in [6.07, 6.45) is 1.78. The van der Waals surface area contributed by atoms with Crippen LogP contribution in [0.5, 0.6) is 5.75 Å². The molecule has 0 aliphatic heterocycles. The summed E-state index contributed by atoms with van der Waals surface area (Å²) in [5.41, 5.74) is 0.00557. The van der Waals surface area contributed by atoms with Crippen LogP contribution >= 0.6 is 23.2 Å². The average Bonchev–Trinajstić information content (AvgIpc) is 3.02. The molecule has 2 N–H and O–H groups in total. The highest BCUT2D eigenvalue weighted by Gasteiger charge is 2.43. The lowest BCUT2D eigenvalue weighted by molar-refractivity contribution is 0.0936. The molecule has 3 nitrogen and oxygen atoms in total. The van der Waals surface area contributed by atoms with Crippen molar-refractivity contribution in [1.29, 1.82) is 0 Å². The molecule has 0 unspecified atom stereocenters. The number of carbonyl (C=O) groups excluding carboxylic acids is 1. The zero-order valence-corrected chi connectivity index (χ0v) is 9.98. The lowest BCUT2D eigenvalue weighted by Gasteiger charge is -2.14. The summed E-state index contributed by atoms with van der Waals surface area (Å²) >= 11 is 11.6. The summed E-state index contributed by atoms with van der Waals surface area (Å²) < 4.78 is 0. The van der Waals surface area contributed by atoms with Crippen molar-refractivity contribution in [2.24, 2.45) is 0 Å². The van der Waals surface area contributed by atoms with Crippen molar-refractivity contribution >= 4 is 29.1 Å². The molecule has 5 heteroatoms. The highest BCUT2D eigenvalue weighted by molar-refractivity contribution is 6.34. The summed E-state index contributed by atoms with van der Waals surface area (Å²) in [5, 5.41) is 12.4. The molecule has 0 aromatic heterocycles. The van der Waals surface area contributed by atoms with Crippen LogP contribution in [0.25, 0.3) is 0 Å². The number of nitrogens with one attached hydrogen (secondary N) is 1. The third-order valence-corrected chi connectivity index (χ3v) is 3.52. The molecule has 1 amide bonds. The largest absolute Gasteiger partial charge is 0.508 e. The van der Waals surface area contributed by atoms with Gasteiger partial charge in [-0.3, -0.25) is 4.79 Å². The Morgan fingerprint density at radius 3 is 2.75 bits per heavy atom. The third kappa shape index (κ3) is 2.25. The normalized spacial score (nSPS) is 16.9. The van der Waals surface area contributed by atoms with E-state index >= 15 is 0 Å². The fraction of sp³-hybridized carbons (Fsp3) is 0.364. The summed E-state index contributed by atoms with van der Waals surface area (Å²) in [7, 11) is 0. The topological polar surface area (TPSA) is 49.3 Å². The second-order valence-electron chi connectivity index (χ2n) is 4.03. The van der Waals surface area contributed by atoms with E-state index in [2.05, 4.69) is 5.32 Å². The van der Waals surface area contributed by atoms with Crippen molar-refractivity contribution in [3.63, 3.8) is 0 Å². The fourth-order valence-electron chi connectivity index (χ4n) is 1.44. The molecule has 1 aliphatic carbocycles. The maximum absolute atomic E-state index is 11.9. The van der Waals surface area contributed by atoms with Gasteiger partial charge in [0.05, 0.1) is 16.1 Å². The number of rotatable bonds is 3. The van der Waals surface area contributed by atoms with Crippen LogP contribution in [0, 0.1) is 0 Å². The summed E-state index contributed by atoms with van der Waals surface area (Å²) in [5.74, 6) is 0.124. The maximum atomic E-state index is 11.9. The zero-order chi connectivity index (χ0) is 11.8. The van der Waals surface area contributed by atoms with Gasteiger partial charge in [0.25, 0.3) is 5.91 Å². The first-order chi connectivity index (χ1) is 7.56. The molecule has 1 aliphatic rings. The van der Waals surface area contributed by atoms with Crippen LogP contribution in [0.15, 0.2) is 18.2 Å². The van der Waals surface area contributed by atoms with E-state index < -0.39 is 0 Å². The number of amides is 1. The molecular formula is C11H11Cl2NO2. The number of hydrogen-bond acceptors (Lipinski definition) is 2. The van der Waals surface area contributed by atoms with E-state index in [1.165, 1.54) is 18.2 Å². The quantitative estimate of drug-likeness (QED) is 0.820. The van der Waals surface area contributed by atoms with Gasteiger partial charge in [-0.1, -0.05) is 11.6 Å². The van der Waals surface area contributed by atoms with E-state index in [4.69, 9.17) is 23.2 Å². The first-order valence-corrected chi connectivity index (χ1v) is 5.85. The van der Waals surface area contributed by atoms with E-state index in [1.807, 2.05) is 0 Å². The van der Waals surface area contributed by atoms with E-state index in [0.717, 1.165) is 12.8 Å². The predicted molar refractivity (Wildman–Crippen MR) is 63.3 cm³/mol. The number of phenolic OH excluding ortho intramolecular Hbond substituents is 1. The molecule has 1 aromatic rings. The molecule has 1 fully saturated rings. The van der Waals surface area contributed by atoms with Gasteiger partial charge in [0.2, 0.25) is 0 Å². The fourth-order valence-corrected chi connectivity index (χ4v) is 1.98. The maximum Gasteiger partial charge on any atom is 0.253 e. The molecule has 86 valence electrons. The second-order valence-corrected chi connectivity index (χ2v) is 4.71. The van der Waals surface area contributed by atoms with Crippen LogP contribution in [0.2, 0.25) is 5.02 Å². The van der Waals surface area contributed by atoms with Gasteiger partial charge in [-0.05, 0) is 31.0 Å². The van der Waals surface area contributed by atoms with E-state index in [9.17, 15) is 9.90 Å². The molecule has 0 radical (unpaired) electrons. The van der Waals surface area contributed by atoms with Crippen LogP contribution in [0.3, 0.4) is 0 Å². The van der Waals surface area contributed by atoms with Crippen molar-refractivity contribution in [3.8, 4) is 5.75 Å². The Labute approximate surface area is 103 Å². The third-order valence-electron chi connectivity index (χ3n) is 2.68. The highest BCUT2D eigenvalue weighted by Crippen LogP contribution is 2.37. The van der Waals surface area contributed by atoms with Gasteiger partial charge in [0.1, 0.15) is 5.75 Å². The van der Waals surface area contributed by atoms with Crippen molar-refractivity contribution in [3.05, 3.63) is 28.8 Å². The number of aromatic hydroxyl groups is 1. The van der Waals surface area contributed by atoms with Crippen LogP contribution in [0.1, 0.15) is 23.2 Å². The van der Waals surface area contributed by atoms with Gasteiger partial charge >= 0.3 is 0 Å². The zero-order valence-electron chi connectivity index (χ0n) is 8.46. The Hall–Kier alpha value is -0.930. The number of alkyl halides is 1. The van der Waals surface area contributed by atoms with Crippen molar-refractivity contribution in [2.45, 2.75) is 18.4 Å². The average molecular weight is 260 g/mol. The Morgan fingerprint density at radius 2 is 2.19 bits per heavy atom. The van der Waals surface area contributed by atoms with Crippen LogP contribution in [-0.4, -0.2) is 22.4 Å². The molecule has 0 bridgehead atoms. The van der Waals surface area contributed by atoms with Gasteiger partial charge in [-0.2, -0.15) is 0 Å². The Balaban J connectivity index is 2.17. The summed E-state index contributed by atoms with van der Waals surface area (Å²) in [6.45, 7) is 0. The Kier molecular flexibility index (Phi) is 3.00. The first kappa shape index (κ1) is 11.6. The summed E-state index contributed by atoms with van der Waals surface area (Å²) in [4.78, 5) is 11.9. The summed E-state index contributed by atoms with van der Waals surface area (Å²) in [6, 6.07) is 4.28. The van der Waals surface area contributed by atoms with Crippen molar-refractivity contribution in [2.75, 3.05) is 5.88 Å². The van der Waals surface area contributed by atoms with E-state index in [1.54, 1.807) is 0 Å². The van der Waals surface area contributed by atoms with Gasteiger partial charge < -0.3 is 10.4 Å². The van der Waals surface area contributed by atoms with Crippen LogP contribution < -0.4 is 5.32 Å². The van der Waals surface area contributed by atoms with E-state index in [-0.39, 0.29) is 22.8 Å². The monoisotopic (exact) mass is 259 g/mol. The van der Waals surface area contributed by atoms with Gasteiger partial charge in [-0.25, -0.2) is 0 Å². The van der Waals surface area contributed by atoms with Crippen LogP contribution in [0.4, 0.5) is 0 Å². The number of phenols is 1. The minimum Gasteiger partial charge on any atom is -0.508 e. The lowest BCUT2D eigenvalue weighted by atomic mass is 10.2. The minimum atomic E-state index is -0.293. The first-order valence-electron chi connectivity index (χ1n) is 4.93. The van der Waals surface area contributed by atoms with Gasteiger partial charge in [0.15, 0.2) is 0 Å². The molecular weight excluding hydrogens is 249 g/mol. The van der Waals surface area contributed by atoms with Gasteiger partial charge in [0, 0.05) is 5.88 Å². The predicted octanol–water partition coefficient (Wildman–Crippen LogP) is 2.55. The minimum absolute atomic E-state index is 0.0188.